The summed E-state index contributed by atoms with van der Waals surface area (Å²) in [6, 6.07) is 18.7. The molecule has 3 heterocycles. The zero-order valence-corrected chi connectivity index (χ0v) is 19.7. The van der Waals surface area contributed by atoms with Crippen molar-refractivity contribution in [3.63, 3.8) is 0 Å². The Morgan fingerprint density at radius 3 is 2.28 bits per heavy atom. The highest BCUT2D eigenvalue weighted by molar-refractivity contribution is 6.03. The normalized spacial score (nSPS) is 24.2. The van der Waals surface area contributed by atoms with Crippen LogP contribution in [-0.2, 0) is 18.9 Å². The van der Waals surface area contributed by atoms with Crippen LogP contribution in [0.5, 0.6) is 0 Å². The van der Waals surface area contributed by atoms with Gasteiger partial charge in [0.25, 0.3) is 5.91 Å². The number of esters is 1. The summed E-state index contributed by atoms with van der Waals surface area (Å²) in [6.45, 7) is 3.44. The molecule has 186 valence electrons. The Kier molecular flexibility index (Phi) is 6.40. The molecule has 3 aromatic rings. The van der Waals surface area contributed by atoms with E-state index in [1.54, 1.807) is 68.4 Å². The molecule has 1 N–H and O–H groups in total. The van der Waals surface area contributed by atoms with Crippen molar-refractivity contribution in [2.24, 2.45) is 0 Å². The third kappa shape index (κ3) is 4.92. The van der Waals surface area contributed by atoms with Gasteiger partial charge in [0.2, 0.25) is 0 Å². The van der Waals surface area contributed by atoms with Crippen LogP contribution in [0.4, 0.5) is 5.82 Å². The maximum atomic E-state index is 12.9. The van der Waals surface area contributed by atoms with E-state index >= 15 is 0 Å². The SMILES string of the molecule is CC1(C)O[C@@H]2[C@H](O1)[C@@H](COC(=O)c1ccccc1)O[C@@H]2n1ccc(NC(=O)c2ccccc2)nc1=O. The standard InChI is InChI=1S/C26H25N3O7/c1-26(2)35-20-18(15-33-24(31)17-11-7-4-8-12-17)34-23(21(20)36-26)29-14-13-19(28-25(29)32)27-22(30)16-9-5-3-6-10-16/h3-14,18,20-21,23H,15H2,1-2H3,(H,27,28,30,32)/t18-,20-,21-,23+/m1/s1. The molecule has 2 aromatic carbocycles. The van der Waals surface area contributed by atoms with E-state index in [1.807, 2.05) is 6.07 Å². The van der Waals surface area contributed by atoms with Crippen molar-refractivity contribution in [1.29, 1.82) is 0 Å². The molecule has 5 rings (SSSR count). The highest BCUT2D eigenvalue weighted by atomic mass is 16.8. The number of ether oxygens (including phenoxy) is 4. The molecule has 4 atom stereocenters. The van der Waals surface area contributed by atoms with Crippen molar-refractivity contribution in [3.05, 3.63) is 94.5 Å². The first-order valence-corrected chi connectivity index (χ1v) is 11.5. The van der Waals surface area contributed by atoms with Gasteiger partial charge in [-0.25, -0.2) is 9.59 Å². The molecule has 0 bridgehead atoms. The Bertz CT molecular complexity index is 1310. The van der Waals surface area contributed by atoms with Gasteiger partial charge in [0.15, 0.2) is 12.0 Å². The van der Waals surface area contributed by atoms with Crippen LogP contribution in [0.15, 0.2) is 77.7 Å². The first-order chi connectivity index (χ1) is 17.3. The maximum absolute atomic E-state index is 12.9. The topological polar surface area (TPSA) is 118 Å². The fraction of sp³-hybridized carbons (Fsp3) is 0.308. The number of carbonyl (C=O) groups is 2. The number of benzene rings is 2. The first-order valence-electron chi connectivity index (χ1n) is 11.5. The molecular weight excluding hydrogens is 466 g/mol. The van der Waals surface area contributed by atoms with Gasteiger partial charge in [0.1, 0.15) is 30.7 Å². The summed E-state index contributed by atoms with van der Waals surface area (Å²) in [5, 5.41) is 2.62. The number of amides is 1. The predicted octanol–water partition coefficient (Wildman–Crippen LogP) is 2.77. The predicted molar refractivity (Wildman–Crippen MR) is 127 cm³/mol. The van der Waals surface area contributed by atoms with Crippen molar-refractivity contribution >= 4 is 17.7 Å². The molecule has 1 aromatic heterocycles. The number of rotatable bonds is 6. The first kappa shape index (κ1) is 23.9. The van der Waals surface area contributed by atoms with Crippen molar-refractivity contribution in [3.8, 4) is 0 Å². The molecule has 2 aliphatic heterocycles. The minimum Gasteiger partial charge on any atom is -0.459 e. The highest BCUT2D eigenvalue weighted by Crippen LogP contribution is 2.42. The van der Waals surface area contributed by atoms with Crippen molar-refractivity contribution in [1.82, 2.24) is 9.55 Å². The second-order valence-electron chi connectivity index (χ2n) is 8.92. The van der Waals surface area contributed by atoms with E-state index < -0.39 is 42.0 Å². The summed E-state index contributed by atoms with van der Waals surface area (Å²) >= 11 is 0. The van der Waals surface area contributed by atoms with Gasteiger partial charge in [0.05, 0.1) is 5.56 Å². The van der Waals surface area contributed by atoms with E-state index in [1.165, 1.54) is 16.8 Å². The van der Waals surface area contributed by atoms with Crippen molar-refractivity contribution in [2.45, 2.75) is 44.2 Å². The number of aromatic nitrogens is 2. The van der Waals surface area contributed by atoms with Crippen molar-refractivity contribution in [2.75, 3.05) is 11.9 Å². The molecule has 0 spiro atoms. The van der Waals surface area contributed by atoms with Crippen LogP contribution in [-0.4, -0.2) is 52.1 Å². The van der Waals surface area contributed by atoms with Gasteiger partial charge < -0.3 is 24.3 Å². The molecule has 0 unspecified atom stereocenters. The quantitative estimate of drug-likeness (QED) is 0.523. The fourth-order valence-electron chi connectivity index (χ4n) is 4.29. The second kappa shape index (κ2) is 9.65. The third-order valence-corrected chi connectivity index (χ3v) is 5.90. The number of fused-ring (bicyclic) bond motifs is 1. The zero-order chi connectivity index (χ0) is 25.3. The van der Waals surface area contributed by atoms with E-state index in [2.05, 4.69) is 10.3 Å². The summed E-state index contributed by atoms with van der Waals surface area (Å²) in [7, 11) is 0. The highest BCUT2D eigenvalue weighted by Gasteiger charge is 2.56. The molecule has 0 radical (unpaired) electrons. The van der Waals surface area contributed by atoms with Crippen LogP contribution in [0.2, 0.25) is 0 Å². The van der Waals surface area contributed by atoms with Gasteiger partial charge in [-0.15, -0.1) is 0 Å². The zero-order valence-electron chi connectivity index (χ0n) is 19.7. The van der Waals surface area contributed by atoms with Crippen molar-refractivity contribution < 1.29 is 28.5 Å². The summed E-state index contributed by atoms with van der Waals surface area (Å²) < 4.78 is 24.8. The molecule has 0 aliphatic carbocycles. The van der Waals surface area contributed by atoms with E-state index in [-0.39, 0.29) is 18.3 Å². The van der Waals surface area contributed by atoms with Gasteiger partial charge in [-0.3, -0.25) is 9.36 Å². The fourth-order valence-corrected chi connectivity index (χ4v) is 4.29. The van der Waals surface area contributed by atoms with E-state index in [9.17, 15) is 14.4 Å². The van der Waals surface area contributed by atoms with E-state index in [0.29, 0.717) is 11.1 Å². The average Bonchev–Trinajstić information content (AvgIpc) is 3.36. The Hall–Kier alpha value is -3.86. The van der Waals surface area contributed by atoms with E-state index in [4.69, 9.17) is 18.9 Å². The molecule has 1 amide bonds. The van der Waals surface area contributed by atoms with Gasteiger partial charge in [0, 0.05) is 11.8 Å². The lowest BCUT2D eigenvalue weighted by atomic mass is 10.1. The Labute approximate surface area is 206 Å². The molecule has 2 saturated heterocycles. The molecule has 2 aliphatic rings. The number of nitrogens with zero attached hydrogens (tertiary/aromatic N) is 2. The van der Waals surface area contributed by atoms with Crippen LogP contribution < -0.4 is 11.0 Å². The number of carbonyl (C=O) groups excluding carboxylic acids is 2. The number of anilines is 1. The summed E-state index contributed by atoms with van der Waals surface area (Å²) in [5.41, 5.74) is 0.220. The largest absolute Gasteiger partial charge is 0.459 e. The monoisotopic (exact) mass is 491 g/mol. The maximum Gasteiger partial charge on any atom is 0.351 e. The Balaban J connectivity index is 1.32. The molecule has 0 saturated carbocycles. The van der Waals surface area contributed by atoms with Crippen LogP contribution in [0, 0.1) is 0 Å². The molecule has 10 heteroatoms. The van der Waals surface area contributed by atoms with Gasteiger partial charge >= 0.3 is 11.7 Å². The lowest BCUT2D eigenvalue weighted by molar-refractivity contribution is -0.200. The number of nitrogens with one attached hydrogen (secondary N) is 1. The number of hydrogen-bond acceptors (Lipinski definition) is 8. The molecule has 2 fully saturated rings. The minimum absolute atomic E-state index is 0.0851. The molecular formula is C26H25N3O7. The third-order valence-electron chi connectivity index (χ3n) is 5.90. The molecule has 36 heavy (non-hydrogen) atoms. The van der Waals surface area contributed by atoms with E-state index in [0.717, 1.165) is 0 Å². The Morgan fingerprint density at radius 1 is 0.972 bits per heavy atom. The summed E-state index contributed by atoms with van der Waals surface area (Å²) in [4.78, 5) is 41.7. The average molecular weight is 492 g/mol. The van der Waals surface area contributed by atoms with Gasteiger partial charge in [-0.05, 0) is 44.2 Å². The van der Waals surface area contributed by atoms with Crippen LogP contribution >= 0.6 is 0 Å². The summed E-state index contributed by atoms with van der Waals surface area (Å²) in [6.07, 6.45) is -1.26. The lowest BCUT2D eigenvalue weighted by Gasteiger charge is -2.24. The van der Waals surface area contributed by atoms with Crippen LogP contribution in [0.25, 0.3) is 0 Å². The summed E-state index contributed by atoms with van der Waals surface area (Å²) in [5.74, 6) is -1.68. The van der Waals surface area contributed by atoms with Gasteiger partial charge in [-0.2, -0.15) is 4.98 Å². The van der Waals surface area contributed by atoms with Crippen LogP contribution in [0.3, 0.4) is 0 Å². The lowest BCUT2D eigenvalue weighted by Crippen LogP contribution is -2.35. The number of hydrogen-bond donors (Lipinski definition) is 1. The van der Waals surface area contributed by atoms with Gasteiger partial charge in [-0.1, -0.05) is 36.4 Å². The smallest absolute Gasteiger partial charge is 0.351 e. The van der Waals surface area contributed by atoms with Crippen LogP contribution in [0.1, 0.15) is 40.8 Å². The molecule has 10 nitrogen and oxygen atoms in total. The Morgan fingerprint density at radius 2 is 1.61 bits per heavy atom. The second-order valence-corrected chi connectivity index (χ2v) is 8.92. The minimum atomic E-state index is -0.917.